The molecule has 2 unspecified atom stereocenters. The van der Waals surface area contributed by atoms with Crippen LogP contribution in [0.5, 0.6) is 0 Å². The number of fused-ring (bicyclic) bond motifs is 2. The van der Waals surface area contributed by atoms with Crippen molar-refractivity contribution in [3.63, 3.8) is 0 Å². The normalized spacial score (nSPS) is 11.5. The molecule has 1 aliphatic heterocycles. The van der Waals surface area contributed by atoms with Gasteiger partial charge < -0.3 is 28.1 Å². The Balaban J connectivity index is 0.000000513. The number of anilines is 2. The molecule has 9 N–H and O–H groups in total. The average molecular weight is 1060 g/mol. The Labute approximate surface area is 444 Å². The van der Waals surface area contributed by atoms with Gasteiger partial charge in [-0.3, -0.25) is 23.7 Å². The zero-order chi connectivity index (χ0) is 53.8. The molecule has 6 aromatic carbocycles. The summed E-state index contributed by atoms with van der Waals surface area (Å²) in [6.45, 7) is 17.8. The summed E-state index contributed by atoms with van der Waals surface area (Å²) in [6.07, 6.45) is 2.22. The quantitative estimate of drug-likeness (QED) is 0.0359. The van der Waals surface area contributed by atoms with Crippen molar-refractivity contribution in [1.82, 2.24) is 9.97 Å². The van der Waals surface area contributed by atoms with E-state index in [0.717, 1.165) is 88.2 Å². The number of aliphatic imine (C=N–C) groups is 1. The Morgan fingerprint density at radius 2 is 1.18 bits per heavy atom. The molecule has 2 atom stereocenters. The van der Waals surface area contributed by atoms with Gasteiger partial charge in [-0.15, -0.1) is 12.6 Å². The van der Waals surface area contributed by atoms with Crippen LogP contribution in [-0.4, -0.2) is 77.0 Å². The molecular weight excluding hydrogens is 1020 g/mol. The number of nitrogen functional groups attached to an aromatic ring is 2. The van der Waals surface area contributed by atoms with E-state index in [1.54, 1.807) is 54.6 Å². The van der Waals surface area contributed by atoms with Gasteiger partial charge in [0.15, 0.2) is 11.4 Å². The number of nitrogens with one attached hydrogen (secondary N) is 1. The van der Waals surface area contributed by atoms with Crippen molar-refractivity contribution < 1.29 is 89.4 Å². The molecule has 2 heterocycles. The number of H-pyrrole nitrogens is 1. The van der Waals surface area contributed by atoms with E-state index in [2.05, 4.69) is 25.7 Å². The topological polar surface area (TPSA) is 360 Å². The summed E-state index contributed by atoms with van der Waals surface area (Å²) in [5.41, 5.74) is 16.8. The standard InChI is InChI=1S/C23H13N5.C8H10O8S2.C8H6O2.C7H7N3.C2H6.Na.O3S.H/c1-25-18-7-9-19-17(11-18)12-21(26-19)15-3-5-16(6-4-15)23-27-20-8-2-14(13-24)10-22(20)28-23;9-7(17(11,12)13)5-1-2-6(4-3-5)8(10)18(14,15)16;9-5-7-1-2-8(6-10)4-3-7;1-10-5-2-3-6(8)7(9)4-5;1-2;;1-4(2)3;/h2-11H,12H2,(H,27,28);1-4,7-10H,(H,11,12,13)(H,14,15,16);1-6H;2-4H,8-9H2;1-2H3;;;/q;;;;;+1;;-1. The summed E-state index contributed by atoms with van der Waals surface area (Å²) in [7, 11) is -12.5. The Kier molecular flexibility index (Phi) is 24.3. The molecule has 372 valence electrons. The second-order valence-corrected chi connectivity index (χ2v) is 17.5. The van der Waals surface area contributed by atoms with Crippen LogP contribution in [0.15, 0.2) is 132 Å². The van der Waals surface area contributed by atoms with Gasteiger partial charge in [-0.1, -0.05) is 105 Å². The van der Waals surface area contributed by atoms with Crippen LogP contribution in [0.1, 0.15) is 74.7 Å². The molecule has 0 saturated heterocycles. The first-order chi connectivity index (χ1) is 34.1. The van der Waals surface area contributed by atoms with E-state index in [1.807, 2.05) is 62.4 Å². The summed E-state index contributed by atoms with van der Waals surface area (Å²) in [5.74, 6) is 0.773. The van der Waals surface area contributed by atoms with Crippen LogP contribution in [0.4, 0.5) is 28.4 Å². The molecule has 0 fully saturated rings. The average Bonchev–Trinajstić information content (AvgIpc) is 4.02. The maximum absolute atomic E-state index is 10.6. The number of aliphatic hydroxyl groups is 2. The number of imidazole rings is 1. The summed E-state index contributed by atoms with van der Waals surface area (Å²) >= 11 is 0. The first-order valence-corrected chi connectivity index (χ1v) is 24.4. The number of nitriles is 1. The molecule has 0 radical (unpaired) electrons. The van der Waals surface area contributed by atoms with Crippen molar-refractivity contribution in [2.45, 2.75) is 31.1 Å². The first-order valence-electron chi connectivity index (χ1n) is 20.4. The number of aliphatic hydroxyl groups excluding tert-OH is 2. The minimum absolute atomic E-state index is 0. The van der Waals surface area contributed by atoms with Crippen LogP contribution in [0, 0.1) is 24.5 Å². The number of rotatable bonds is 8. The van der Waals surface area contributed by atoms with Gasteiger partial charge in [-0.25, -0.2) is 14.7 Å². The minimum Gasteiger partial charge on any atom is -1.00 e. The number of nitrogens with zero attached hydrogens (tertiary/aromatic N) is 5. The molecule has 21 nitrogen and oxygen atoms in total. The Bertz CT molecular complexity index is 3480. The second-order valence-electron chi connectivity index (χ2n) is 14.1. The van der Waals surface area contributed by atoms with Crippen LogP contribution < -0.4 is 41.0 Å². The number of nitrogens with two attached hydrogens (primary N) is 2. The van der Waals surface area contributed by atoms with Crippen molar-refractivity contribution in [1.29, 1.82) is 5.26 Å². The Hall–Kier alpha value is -7.77. The predicted octanol–water partition coefficient (Wildman–Crippen LogP) is 4.63. The van der Waals surface area contributed by atoms with E-state index in [0.29, 0.717) is 39.4 Å². The fourth-order valence-corrected chi connectivity index (χ4v) is 6.92. The molecule has 7 aromatic rings. The number of benzene rings is 6. The van der Waals surface area contributed by atoms with Gasteiger partial charge in [-0.05, 0) is 58.7 Å². The van der Waals surface area contributed by atoms with Crippen molar-refractivity contribution in [3.05, 3.63) is 189 Å². The number of aldehydes is 2. The van der Waals surface area contributed by atoms with E-state index in [4.69, 9.17) is 56.6 Å². The smallest absolute Gasteiger partial charge is 1.00 e. The summed E-state index contributed by atoms with van der Waals surface area (Å²) in [5, 5.41) is 27.4. The molecule has 0 spiro atoms. The molecule has 25 heteroatoms. The zero-order valence-corrected chi connectivity index (χ0v) is 43.2. The van der Waals surface area contributed by atoms with Gasteiger partial charge in [0.2, 0.25) is 10.9 Å². The largest absolute Gasteiger partial charge is 1.00 e. The molecule has 0 aliphatic carbocycles. The number of carbonyl (C=O) groups is 2. The van der Waals surface area contributed by atoms with E-state index in [-0.39, 0.29) is 42.1 Å². The van der Waals surface area contributed by atoms with E-state index in [9.17, 15) is 36.6 Å². The van der Waals surface area contributed by atoms with Crippen molar-refractivity contribution in [2.75, 3.05) is 11.5 Å². The number of carbonyl (C=O) groups excluding carboxylic acids is 2. The minimum atomic E-state index is -4.69. The monoisotopic (exact) mass is 1060 g/mol. The van der Waals surface area contributed by atoms with Crippen molar-refractivity contribution in [3.8, 4) is 17.5 Å². The molecule has 1 aromatic heterocycles. The summed E-state index contributed by atoms with van der Waals surface area (Å²) in [4.78, 5) is 39.5. The molecule has 0 amide bonds. The molecular formula is C48H43N8NaO13S3. The Morgan fingerprint density at radius 1 is 0.712 bits per heavy atom. The second kappa shape index (κ2) is 28.9. The Morgan fingerprint density at radius 3 is 1.62 bits per heavy atom. The van der Waals surface area contributed by atoms with Gasteiger partial charge in [-0.2, -0.15) is 22.1 Å². The van der Waals surface area contributed by atoms with Crippen molar-refractivity contribution in [2.24, 2.45) is 4.99 Å². The van der Waals surface area contributed by atoms with Crippen molar-refractivity contribution >= 4 is 88.6 Å². The molecule has 1 aliphatic rings. The van der Waals surface area contributed by atoms with Crippen LogP contribution >= 0.6 is 0 Å². The third-order valence-corrected chi connectivity index (χ3v) is 11.1. The molecule has 0 bridgehead atoms. The SMILES string of the molecule is CC.O=Cc1ccc(C=O)cc1.O=S(=O)(O)C(O)c1ccc(C(O)S(=O)(=O)O)cc1.O=S(=O)=O.[C-]#[N+]c1ccc(N)c(N)c1.[C-]#[N+]c1ccc2c(c1)CC(c1ccc(-c3nc4ccc(C#N)cc4[nH]3)cc1)=N2.[H-].[Na+]. The van der Waals surface area contributed by atoms with Gasteiger partial charge in [0.05, 0.1) is 52.9 Å². The maximum atomic E-state index is 10.6. The number of aromatic nitrogens is 2. The summed E-state index contributed by atoms with van der Waals surface area (Å²) in [6, 6.07) is 36.5. The maximum Gasteiger partial charge on any atom is 1.00 e. The number of aromatic amines is 1. The third-order valence-electron chi connectivity index (χ3n) is 9.39. The fraction of sp³-hybridized carbons (Fsp3) is 0.104. The van der Waals surface area contributed by atoms with Gasteiger partial charge in [0.1, 0.15) is 18.4 Å². The zero-order valence-electron chi connectivity index (χ0n) is 39.7. The first kappa shape index (κ1) is 61.3. The van der Waals surface area contributed by atoms with Crippen LogP contribution in [-0.2, 0) is 37.3 Å². The summed E-state index contributed by atoms with van der Waals surface area (Å²) < 4.78 is 85.0. The molecule has 8 rings (SSSR count). The van der Waals surface area contributed by atoms with Crippen LogP contribution in [0.25, 0.3) is 32.1 Å². The fourth-order valence-electron chi connectivity index (χ4n) is 5.91. The predicted molar refractivity (Wildman–Crippen MR) is 269 cm³/mol. The van der Waals surface area contributed by atoms with Gasteiger partial charge >= 0.3 is 40.2 Å². The van der Waals surface area contributed by atoms with Gasteiger partial charge in [0.25, 0.3) is 20.2 Å². The van der Waals surface area contributed by atoms with E-state index in [1.165, 1.54) is 0 Å². The molecule has 0 saturated carbocycles. The van der Waals surface area contributed by atoms with E-state index < -0.39 is 41.7 Å². The van der Waals surface area contributed by atoms with Gasteiger partial charge in [0, 0.05) is 28.8 Å². The van der Waals surface area contributed by atoms with Crippen LogP contribution in [0.3, 0.4) is 0 Å². The third kappa shape index (κ3) is 18.7. The number of hydrogen-bond acceptors (Lipinski definition) is 16. The number of hydrogen-bond donors (Lipinski definition) is 7. The molecule has 73 heavy (non-hydrogen) atoms. The van der Waals surface area contributed by atoms with E-state index >= 15 is 0 Å². The van der Waals surface area contributed by atoms with Crippen LogP contribution in [0.2, 0.25) is 0 Å².